The molecule has 0 fully saturated rings. The number of nitrogens with zero attached hydrogens (tertiary/aromatic N) is 1. The number of hydrogen-bond donors (Lipinski definition) is 0. The Labute approximate surface area is 114 Å². The van der Waals surface area contributed by atoms with Crippen molar-refractivity contribution in [3.05, 3.63) is 64.4 Å². The fourth-order valence-corrected chi connectivity index (χ4v) is 2.68. The van der Waals surface area contributed by atoms with Gasteiger partial charge < -0.3 is 4.42 Å². The van der Waals surface area contributed by atoms with Crippen LogP contribution in [0.3, 0.4) is 0 Å². The van der Waals surface area contributed by atoms with Gasteiger partial charge in [-0.05, 0) is 31.2 Å². The predicted molar refractivity (Wildman–Crippen MR) is 80.0 cm³/mol. The lowest BCUT2D eigenvalue weighted by molar-refractivity contribution is 0.657. The second-order valence-corrected chi connectivity index (χ2v) is 4.88. The highest BCUT2D eigenvalue weighted by Gasteiger charge is 2.12. The highest BCUT2D eigenvalue weighted by atomic mass is 16.3. The minimum absolute atomic E-state index is 0.00991. The van der Waals surface area contributed by atoms with Crippen LogP contribution in [0.25, 0.3) is 32.8 Å². The first kappa shape index (κ1) is 11.2. The maximum Gasteiger partial charge on any atom is 0.200 e. The zero-order chi connectivity index (χ0) is 13.7. The number of fused-ring (bicyclic) bond motifs is 3. The molecule has 0 unspecified atom stereocenters. The van der Waals surface area contributed by atoms with E-state index in [2.05, 4.69) is 4.98 Å². The molecule has 2 aromatic carbocycles. The van der Waals surface area contributed by atoms with Crippen LogP contribution in [0.5, 0.6) is 0 Å². The minimum atomic E-state index is 0.00991. The molecule has 0 aliphatic heterocycles. The van der Waals surface area contributed by atoms with Gasteiger partial charge in [0.2, 0.25) is 5.43 Å². The fourth-order valence-electron chi connectivity index (χ4n) is 2.68. The van der Waals surface area contributed by atoms with Gasteiger partial charge in [0.25, 0.3) is 0 Å². The summed E-state index contributed by atoms with van der Waals surface area (Å²) >= 11 is 0. The third kappa shape index (κ3) is 1.40. The van der Waals surface area contributed by atoms with Gasteiger partial charge in [-0.25, -0.2) is 0 Å². The van der Waals surface area contributed by atoms with Crippen LogP contribution < -0.4 is 5.43 Å². The van der Waals surface area contributed by atoms with E-state index in [-0.39, 0.29) is 5.43 Å². The average molecular weight is 261 g/mol. The molecule has 0 bridgehead atoms. The maximum atomic E-state index is 12.6. The van der Waals surface area contributed by atoms with E-state index in [0.29, 0.717) is 21.9 Å². The summed E-state index contributed by atoms with van der Waals surface area (Å²) in [5.74, 6) is 0. The van der Waals surface area contributed by atoms with Gasteiger partial charge in [0, 0.05) is 17.1 Å². The summed E-state index contributed by atoms with van der Waals surface area (Å²) in [4.78, 5) is 17.0. The SMILES string of the molecule is Cc1c2ncccc2cc2c(=O)c3ccccc3oc12. The van der Waals surface area contributed by atoms with Crippen LogP contribution in [0.1, 0.15) is 5.56 Å². The molecular formula is C17H11NO2. The third-order valence-corrected chi connectivity index (χ3v) is 3.67. The van der Waals surface area contributed by atoms with Crippen LogP contribution in [0.15, 0.2) is 57.9 Å². The molecule has 0 radical (unpaired) electrons. The van der Waals surface area contributed by atoms with Crippen molar-refractivity contribution in [2.75, 3.05) is 0 Å². The summed E-state index contributed by atoms with van der Waals surface area (Å²) in [6, 6.07) is 13.0. The van der Waals surface area contributed by atoms with Crippen molar-refractivity contribution in [1.29, 1.82) is 0 Å². The fraction of sp³-hybridized carbons (Fsp3) is 0.0588. The van der Waals surface area contributed by atoms with Crippen LogP contribution in [-0.4, -0.2) is 4.98 Å². The van der Waals surface area contributed by atoms with Gasteiger partial charge in [-0.3, -0.25) is 9.78 Å². The first-order valence-electron chi connectivity index (χ1n) is 6.45. The molecule has 2 aromatic heterocycles. The van der Waals surface area contributed by atoms with Crippen molar-refractivity contribution in [3.8, 4) is 0 Å². The third-order valence-electron chi connectivity index (χ3n) is 3.67. The quantitative estimate of drug-likeness (QED) is 0.452. The van der Waals surface area contributed by atoms with Crippen LogP contribution in [0.4, 0.5) is 0 Å². The summed E-state index contributed by atoms with van der Waals surface area (Å²) in [5.41, 5.74) is 3.03. The van der Waals surface area contributed by atoms with Crippen LogP contribution >= 0.6 is 0 Å². The Balaban J connectivity index is 2.34. The van der Waals surface area contributed by atoms with E-state index in [1.807, 2.05) is 43.3 Å². The Morgan fingerprint density at radius 2 is 1.90 bits per heavy atom. The molecule has 96 valence electrons. The van der Waals surface area contributed by atoms with Crippen molar-refractivity contribution in [2.24, 2.45) is 0 Å². The highest BCUT2D eigenvalue weighted by molar-refractivity contribution is 6.00. The molecule has 0 aliphatic rings. The lowest BCUT2D eigenvalue weighted by Gasteiger charge is -2.06. The predicted octanol–water partition coefficient (Wildman–Crippen LogP) is 3.80. The van der Waals surface area contributed by atoms with E-state index in [1.165, 1.54) is 0 Å². The van der Waals surface area contributed by atoms with Gasteiger partial charge in [0.05, 0.1) is 16.3 Å². The number of rotatable bonds is 0. The van der Waals surface area contributed by atoms with E-state index in [4.69, 9.17) is 4.42 Å². The molecule has 3 nitrogen and oxygen atoms in total. The lowest BCUT2D eigenvalue weighted by Crippen LogP contribution is -2.03. The zero-order valence-electron chi connectivity index (χ0n) is 10.9. The Bertz CT molecular complexity index is 1030. The van der Waals surface area contributed by atoms with Crippen molar-refractivity contribution < 1.29 is 4.42 Å². The van der Waals surface area contributed by atoms with Gasteiger partial charge >= 0.3 is 0 Å². The van der Waals surface area contributed by atoms with Crippen molar-refractivity contribution in [3.63, 3.8) is 0 Å². The van der Waals surface area contributed by atoms with E-state index < -0.39 is 0 Å². The number of hydrogen-bond acceptors (Lipinski definition) is 3. The monoisotopic (exact) mass is 261 g/mol. The normalized spacial score (nSPS) is 11.4. The van der Waals surface area contributed by atoms with Gasteiger partial charge in [0.1, 0.15) is 11.2 Å². The second kappa shape index (κ2) is 3.90. The number of aromatic nitrogens is 1. The number of pyridine rings is 1. The van der Waals surface area contributed by atoms with Gasteiger partial charge in [-0.2, -0.15) is 0 Å². The number of aryl methyl sites for hydroxylation is 1. The first-order chi connectivity index (χ1) is 9.75. The Hall–Kier alpha value is -2.68. The molecule has 4 rings (SSSR count). The average Bonchev–Trinajstić information content (AvgIpc) is 2.49. The summed E-state index contributed by atoms with van der Waals surface area (Å²) in [6.45, 7) is 1.94. The minimum Gasteiger partial charge on any atom is -0.455 e. The molecule has 0 saturated heterocycles. The topological polar surface area (TPSA) is 43.1 Å². The summed E-state index contributed by atoms with van der Waals surface area (Å²) in [6.07, 6.45) is 1.75. The molecule has 20 heavy (non-hydrogen) atoms. The van der Waals surface area contributed by atoms with Gasteiger partial charge in [-0.1, -0.05) is 18.2 Å². The summed E-state index contributed by atoms with van der Waals surface area (Å²) in [7, 11) is 0. The zero-order valence-corrected chi connectivity index (χ0v) is 10.9. The Morgan fingerprint density at radius 3 is 2.80 bits per heavy atom. The molecular weight excluding hydrogens is 250 g/mol. The van der Waals surface area contributed by atoms with E-state index in [0.717, 1.165) is 16.5 Å². The van der Waals surface area contributed by atoms with Gasteiger partial charge in [-0.15, -0.1) is 0 Å². The molecule has 2 heterocycles. The molecule has 0 aliphatic carbocycles. The Kier molecular flexibility index (Phi) is 2.18. The standard InChI is InChI=1S/C17H11NO2/c1-10-15-11(5-4-8-18-15)9-13-16(19)12-6-2-3-7-14(12)20-17(10)13/h2-9H,1H3. The van der Waals surface area contributed by atoms with E-state index in [9.17, 15) is 4.79 Å². The molecule has 0 saturated carbocycles. The number of para-hydroxylation sites is 1. The maximum absolute atomic E-state index is 12.6. The number of benzene rings is 2. The molecule has 0 spiro atoms. The van der Waals surface area contributed by atoms with E-state index in [1.54, 1.807) is 12.3 Å². The summed E-state index contributed by atoms with van der Waals surface area (Å²) < 4.78 is 5.93. The van der Waals surface area contributed by atoms with Crippen LogP contribution in [-0.2, 0) is 0 Å². The molecule has 0 N–H and O–H groups in total. The first-order valence-corrected chi connectivity index (χ1v) is 6.45. The van der Waals surface area contributed by atoms with Gasteiger partial charge in [0.15, 0.2) is 0 Å². The smallest absolute Gasteiger partial charge is 0.200 e. The van der Waals surface area contributed by atoms with Crippen molar-refractivity contribution in [2.45, 2.75) is 6.92 Å². The lowest BCUT2D eigenvalue weighted by atomic mass is 10.0. The molecule has 4 aromatic rings. The second-order valence-electron chi connectivity index (χ2n) is 4.88. The van der Waals surface area contributed by atoms with Crippen molar-refractivity contribution in [1.82, 2.24) is 4.98 Å². The largest absolute Gasteiger partial charge is 0.455 e. The van der Waals surface area contributed by atoms with E-state index >= 15 is 0 Å². The highest BCUT2D eigenvalue weighted by Crippen LogP contribution is 2.27. The summed E-state index contributed by atoms with van der Waals surface area (Å²) in [5, 5.41) is 2.18. The van der Waals surface area contributed by atoms with Crippen LogP contribution in [0.2, 0.25) is 0 Å². The van der Waals surface area contributed by atoms with Crippen molar-refractivity contribution >= 4 is 32.8 Å². The molecule has 0 atom stereocenters. The Morgan fingerprint density at radius 1 is 1.05 bits per heavy atom. The molecule has 0 amide bonds. The van der Waals surface area contributed by atoms with Crippen LogP contribution in [0, 0.1) is 6.92 Å². The molecule has 3 heteroatoms.